The SMILES string of the molecule is CC(C)[C@H](C)CC[C@@H](C)[C@H]1CC[C@H]2C3=CC=C4[C@H](C)[C@@H](O)CC[C@]4(C)[C@H]3CC[C@]12C. The van der Waals surface area contributed by atoms with Crippen LogP contribution in [0.1, 0.15) is 99.8 Å². The highest BCUT2D eigenvalue weighted by atomic mass is 16.3. The quantitative estimate of drug-likeness (QED) is 0.488. The van der Waals surface area contributed by atoms with Gasteiger partial charge in [-0.1, -0.05) is 84.6 Å². The number of aliphatic hydroxyl groups excluding tert-OH is 1. The van der Waals surface area contributed by atoms with Gasteiger partial charge in [-0.15, -0.1) is 0 Å². The Hall–Kier alpha value is -0.560. The highest BCUT2D eigenvalue weighted by molar-refractivity contribution is 5.39. The van der Waals surface area contributed by atoms with Gasteiger partial charge in [0.1, 0.15) is 0 Å². The van der Waals surface area contributed by atoms with Gasteiger partial charge >= 0.3 is 0 Å². The molecule has 0 radical (unpaired) electrons. The summed E-state index contributed by atoms with van der Waals surface area (Å²) in [5, 5.41) is 10.5. The Balaban J connectivity index is 1.55. The van der Waals surface area contributed by atoms with Crippen LogP contribution >= 0.6 is 0 Å². The summed E-state index contributed by atoms with van der Waals surface area (Å²) in [5.41, 5.74) is 4.14. The molecule has 3 fully saturated rings. The minimum atomic E-state index is -0.141. The maximum Gasteiger partial charge on any atom is 0.0603 e. The molecule has 0 aromatic rings. The maximum absolute atomic E-state index is 10.5. The summed E-state index contributed by atoms with van der Waals surface area (Å²) in [4.78, 5) is 0. The van der Waals surface area contributed by atoms with Crippen LogP contribution in [0.5, 0.6) is 0 Å². The molecule has 170 valence electrons. The molecular formula is C29H48O. The average molecular weight is 413 g/mol. The Morgan fingerprint density at radius 3 is 2.37 bits per heavy atom. The molecule has 30 heavy (non-hydrogen) atoms. The maximum atomic E-state index is 10.5. The van der Waals surface area contributed by atoms with E-state index < -0.39 is 0 Å². The van der Waals surface area contributed by atoms with E-state index in [4.69, 9.17) is 0 Å². The number of hydrogen-bond donors (Lipinski definition) is 1. The normalized spacial score (nSPS) is 45.2. The van der Waals surface area contributed by atoms with Crippen LogP contribution in [0.25, 0.3) is 0 Å². The lowest BCUT2D eigenvalue weighted by Crippen LogP contribution is -2.48. The zero-order valence-electron chi connectivity index (χ0n) is 20.9. The van der Waals surface area contributed by atoms with Crippen molar-refractivity contribution in [2.45, 2.75) is 106 Å². The second kappa shape index (κ2) is 8.09. The Labute approximate surface area is 186 Å². The van der Waals surface area contributed by atoms with Crippen LogP contribution in [0.15, 0.2) is 23.3 Å². The van der Waals surface area contributed by atoms with Crippen molar-refractivity contribution in [1.29, 1.82) is 0 Å². The smallest absolute Gasteiger partial charge is 0.0603 e. The Morgan fingerprint density at radius 1 is 0.933 bits per heavy atom. The molecule has 0 amide bonds. The average Bonchev–Trinajstić information content (AvgIpc) is 3.06. The molecule has 4 aliphatic rings. The third-order valence-corrected chi connectivity index (χ3v) is 11.0. The van der Waals surface area contributed by atoms with E-state index in [0.29, 0.717) is 16.7 Å². The first-order chi connectivity index (χ1) is 14.1. The largest absolute Gasteiger partial charge is 0.393 e. The summed E-state index contributed by atoms with van der Waals surface area (Å²) in [5.74, 6) is 5.26. The molecule has 0 heterocycles. The van der Waals surface area contributed by atoms with Crippen LogP contribution in [0.3, 0.4) is 0 Å². The molecule has 0 spiro atoms. The molecule has 1 heteroatoms. The molecule has 3 saturated carbocycles. The van der Waals surface area contributed by atoms with Gasteiger partial charge in [-0.05, 0) is 84.9 Å². The fraction of sp³-hybridized carbons (Fsp3) is 0.862. The predicted molar refractivity (Wildman–Crippen MR) is 128 cm³/mol. The first-order valence-corrected chi connectivity index (χ1v) is 13.2. The number of allylic oxidation sites excluding steroid dienone is 3. The third-order valence-electron chi connectivity index (χ3n) is 11.0. The Morgan fingerprint density at radius 2 is 1.67 bits per heavy atom. The lowest BCUT2D eigenvalue weighted by atomic mass is 9.49. The minimum Gasteiger partial charge on any atom is -0.393 e. The van der Waals surface area contributed by atoms with Crippen molar-refractivity contribution in [2.75, 3.05) is 0 Å². The van der Waals surface area contributed by atoms with Crippen molar-refractivity contribution >= 4 is 0 Å². The van der Waals surface area contributed by atoms with Crippen LogP contribution in [-0.4, -0.2) is 11.2 Å². The topological polar surface area (TPSA) is 20.2 Å². The van der Waals surface area contributed by atoms with Crippen LogP contribution in [-0.2, 0) is 0 Å². The molecule has 0 unspecified atom stereocenters. The van der Waals surface area contributed by atoms with E-state index >= 15 is 0 Å². The van der Waals surface area contributed by atoms with Gasteiger partial charge in [0.2, 0.25) is 0 Å². The summed E-state index contributed by atoms with van der Waals surface area (Å²) < 4.78 is 0. The molecule has 0 bridgehead atoms. The Kier molecular flexibility index (Phi) is 6.10. The zero-order valence-corrected chi connectivity index (χ0v) is 20.9. The van der Waals surface area contributed by atoms with Gasteiger partial charge < -0.3 is 5.11 Å². The van der Waals surface area contributed by atoms with Gasteiger partial charge in [0, 0.05) is 5.92 Å². The molecule has 0 aromatic carbocycles. The van der Waals surface area contributed by atoms with Crippen molar-refractivity contribution in [1.82, 2.24) is 0 Å². The molecule has 4 aliphatic carbocycles. The zero-order chi connectivity index (χ0) is 21.8. The standard InChI is InChI=1S/C29H48O/c1-18(2)19(3)8-9-20(4)23-12-13-25-22-10-11-24-21(5)27(30)15-17-29(24,7)26(22)14-16-28(23,25)6/h10-11,18-21,23,25-27,30H,8-9,12-17H2,1-7H3/t19-,20-,21+,23-,25+,26+,27+,28-,29+/m1/s1. The van der Waals surface area contributed by atoms with E-state index in [2.05, 4.69) is 60.6 Å². The summed E-state index contributed by atoms with van der Waals surface area (Å²) in [6.07, 6.45) is 15.4. The first-order valence-electron chi connectivity index (χ1n) is 13.2. The second-order valence-corrected chi connectivity index (χ2v) is 12.7. The van der Waals surface area contributed by atoms with Crippen LogP contribution in [0.2, 0.25) is 0 Å². The molecule has 9 atom stereocenters. The summed E-state index contributed by atoms with van der Waals surface area (Å²) >= 11 is 0. The molecule has 0 saturated heterocycles. The first kappa shape index (κ1) is 22.6. The van der Waals surface area contributed by atoms with E-state index in [0.717, 1.165) is 41.9 Å². The van der Waals surface area contributed by atoms with Crippen molar-refractivity contribution in [3.63, 3.8) is 0 Å². The van der Waals surface area contributed by atoms with Crippen molar-refractivity contribution in [3.8, 4) is 0 Å². The van der Waals surface area contributed by atoms with E-state index in [9.17, 15) is 5.11 Å². The van der Waals surface area contributed by atoms with Gasteiger partial charge in [0.25, 0.3) is 0 Å². The molecule has 0 aromatic heterocycles. The summed E-state index contributed by atoms with van der Waals surface area (Å²) in [6.45, 7) is 17.2. The van der Waals surface area contributed by atoms with E-state index in [-0.39, 0.29) is 6.10 Å². The van der Waals surface area contributed by atoms with Gasteiger partial charge in [-0.25, -0.2) is 0 Å². The second-order valence-electron chi connectivity index (χ2n) is 12.7. The fourth-order valence-electron chi connectivity index (χ4n) is 8.42. The molecule has 1 nitrogen and oxygen atoms in total. The van der Waals surface area contributed by atoms with Crippen molar-refractivity contribution in [3.05, 3.63) is 23.3 Å². The summed E-state index contributed by atoms with van der Waals surface area (Å²) in [7, 11) is 0. The predicted octanol–water partition coefficient (Wildman–Crippen LogP) is 7.80. The van der Waals surface area contributed by atoms with Gasteiger partial charge in [-0.3, -0.25) is 0 Å². The van der Waals surface area contributed by atoms with Gasteiger partial charge in [-0.2, -0.15) is 0 Å². The molecule has 1 N–H and O–H groups in total. The number of aliphatic hydroxyl groups is 1. The van der Waals surface area contributed by atoms with Crippen LogP contribution < -0.4 is 0 Å². The van der Waals surface area contributed by atoms with Gasteiger partial charge in [0.15, 0.2) is 0 Å². The van der Waals surface area contributed by atoms with E-state index in [1.807, 2.05) is 0 Å². The van der Waals surface area contributed by atoms with Gasteiger partial charge in [0.05, 0.1) is 6.10 Å². The Bertz CT molecular complexity index is 701. The van der Waals surface area contributed by atoms with Crippen LogP contribution in [0.4, 0.5) is 0 Å². The minimum absolute atomic E-state index is 0.141. The number of hydrogen-bond acceptors (Lipinski definition) is 1. The fourth-order valence-corrected chi connectivity index (χ4v) is 8.42. The summed E-state index contributed by atoms with van der Waals surface area (Å²) in [6, 6.07) is 0. The van der Waals surface area contributed by atoms with Crippen LogP contribution in [0, 0.1) is 52.3 Å². The lowest BCUT2D eigenvalue weighted by molar-refractivity contribution is 0.0156. The number of rotatable bonds is 5. The highest BCUT2D eigenvalue weighted by Crippen LogP contribution is 2.66. The van der Waals surface area contributed by atoms with Crippen molar-refractivity contribution < 1.29 is 5.11 Å². The molecule has 0 aliphatic heterocycles. The van der Waals surface area contributed by atoms with E-state index in [1.165, 1.54) is 44.9 Å². The van der Waals surface area contributed by atoms with Crippen molar-refractivity contribution in [2.24, 2.45) is 52.3 Å². The third kappa shape index (κ3) is 3.46. The molecule has 4 rings (SSSR count). The molecular weight excluding hydrogens is 364 g/mol. The lowest BCUT2D eigenvalue weighted by Gasteiger charge is -2.56. The monoisotopic (exact) mass is 412 g/mol. The van der Waals surface area contributed by atoms with E-state index in [1.54, 1.807) is 11.1 Å². The number of fused-ring (bicyclic) bond motifs is 5. The highest BCUT2D eigenvalue weighted by Gasteiger charge is 2.57.